The maximum atomic E-state index is 11.5. The van der Waals surface area contributed by atoms with Crippen LogP contribution in [0.25, 0.3) is 0 Å². The van der Waals surface area contributed by atoms with Crippen molar-refractivity contribution in [3.8, 4) is 0 Å². The molecule has 0 amide bonds. The molecule has 1 atom stereocenters. The Hall–Kier alpha value is -1.23. The van der Waals surface area contributed by atoms with Gasteiger partial charge in [-0.05, 0) is 24.7 Å². The van der Waals surface area contributed by atoms with Crippen molar-refractivity contribution in [1.82, 2.24) is 4.57 Å². The Morgan fingerprint density at radius 1 is 1.56 bits per heavy atom. The first-order valence-electron chi connectivity index (χ1n) is 5.22. The van der Waals surface area contributed by atoms with Crippen LogP contribution in [-0.4, -0.2) is 26.6 Å². The van der Waals surface area contributed by atoms with Crippen LogP contribution in [0, 0.1) is 0 Å². The third-order valence-corrected chi connectivity index (χ3v) is 4.04. The zero-order valence-corrected chi connectivity index (χ0v) is 9.57. The number of aromatic carboxylic acids is 1. The molecule has 1 N–H and O–H groups in total. The fraction of sp³-hybridized carbons (Fsp3) is 0.455. The van der Waals surface area contributed by atoms with Crippen LogP contribution in [0.3, 0.4) is 0 Å². The predicted molar refractivity (Wildman–Crippen MR) is 63.1 cm³/mol. The monoisotopic (exact) mass is 239 g/mol. The van der Waals surface area contributed by atoms with Gasteiger partial charge in [0.05, 0.1) is 5.56 Å². The number of carboxylic acids is 1. The average molecular weight is 239 g/mol. The van der Waals surface area contributed by atoms with E-state index in [0.717, 1.165) is 12.2 Å². The first kappa shape index (κ1) is 11.3. The lowest BCUT2D eigenvalue weighted by Gasteiger charge is -2.11. The predicted octanol–water partition coefficient (Wildman–Crippen LogP) is 1.44. The summed E-state index contributed by atoms with van der Waals surface area (Å²) in [5.41, 5.74) is 0.0418. The van der Waals surface area contributed by atoms with E-state index in [1.807, 2.05) is 11.8 Å². The van der Waals surface area contributed by atoms with Gasteiger partial charge < -0.3 is 9.67 Å². The standard InChI is InChI=1S/C11H13NO3S/c13-10-4-3-8(11(14)15)6-12(10)7-9-2-1-5-16-9/h3-4,6,9H,1-2,5,7H2,(H,14,15). The van der Waals surface area contributed by atoms with E-state index in [0.29, 0.717) is 11.8 Å². The van der Waals surface area contributed by atoms with Gasteiger partial charge in [0, 0.05) is 24.1 Å². The number of aromatic nitrogens is 1. The Balaban J connectivity index is 2.21. The summed E-state index contributed by atoms with van der Waals surface area (Å²) in [7, 11) is 0. The third-order valence-electron chi connectivity index (χ3n) is 2.65. The molecule has 1 aliphatic rings. The van der Waals surface area contributed by atoms with Gasteiger partial charge in [-0.15, -0.1) is 0 Å². The zero-order chi connectivity index (χ0) is 11.5. The Bertz CT molecular complexity index is 449. The molecule has 1 aromatic rings. The quantitative estimate of drug-likeness (QED) is 0.867. The Kier molecular flexibility index (Phi) is 3.33. The van der Waals surface area contributed by atoms with Gasteiger partial charge in [-0.25, -0.2) is 4.79 Å². The molecule has 5 heteroatoms. The van der Waals surface area contributed by atoms with Crippen molar-refractivity contribution in [2.75, 3.05) is 5.75 Å². The summed E-state index contributed by atoms with van der Waals surface area (Å²) in [6, 6.07) is 2.67. The molecule has 0 aromatic carbocycles. The molecule has 1 fully saturated rings. The van der Waals surface area contributed by atoms with Gasteiger partial charge in [0.1, 0.15) is 0 Å². The summed E-state index contributed by atoms with van der Waals surface area (Å²) in [4.78, 5) is 22.3. The van der Waals surface area contributed by atoms with E-state index in [1.165, 1.54) is 29.3 Å². The third kappa shape index (κ3) is 2.47. The number of nitrogens with zero attached hydrogens (tertiary/aromatic N) is 1. The molecule has 86 valence electrons. The summed E-state index contributed by atoms with van der Waals surface area (Å²) in [6.07, 6.45) is 3.72. The van der Waals surface area contributed by atoms with Crippen molar-refractivity contribution in [3.63, 3.8) is 0 Å². The highest BCUT2D eigenvalue weighted by molar-refractivity contribution is 8.00. The van der Waals surface area contributed by atoms with Gasteiger partial charge in [-0.1, -0.05) is 0 Å². The number of carbonyl (C=O) groups is 1. The van der Waals surface area contributed by atoms with Gasteiger partial charge in [-0.3, -0.25) is 4.79 Å². The van der Waals surface area contributed by atoms with Gasteiger partial charge >= 0.3 is 5.97 Å². The minimum absolute atomic E-state index is 0.127. The van der Waals surface area contributed by atoms with E-state index in [1.54, 1.807) is 0 Å². The first-order chi connectivity index (χ1) is 7.66. The summed E-state index contributed by atoms with van der Waals surface area (Å²) in [6.45, 7) is 0.616. The summed E-state index contributed by atoms with van der Waals surface area (Å²) in [5.74, 6) is 0.144. The molecule has 1 aromatic heterocycles. The number of thioether (sulfide) groups is 1. The zero-order valence-electron chi connectivity index (χ0n) is 8.76. The van der Waals surface area contributed by atoms with E-state index >= 15 is 0 Å². The second kappa shape index (κ2) is 4.74. The maximum absolute atomic E-state index is 11.5. The van der Waals surface area contributed by atoms with Crippen LogP contribution < -0.4 is 5.56 Å². The highest BCUT2D eigenvalue weighted by Crippen LogP contribution is 2.26. The second-order valence-electron chi connectivity index (χ2n) is 3.85. The lowest BCUT2D eigenvalue weighted by atomic mass is 10.2. The lowest BCUT2D eigenvalue weighted by molar-refractivity contribution is 0.0696. The lowest BCUT2D eigenvalue weighted by Crippen LogP contribution is -2.24. The molecule has 0 bridgehead atoms. The largest absolute Gasteiger partial charge is 0.478 e. The van der Waals surface area contributed by atoms with E-state index < -0.39 is 5.97 Å². The van der Waals surface area contributed by atoms with E-state index in [4.69, 9.17) is 5.11 Å². The SMILES string of the molecule is O=C(O)c1ccc(=O)n(CC2CCCS2)c1. The molecule has 16 heavy (non-hydrogen) atoms. The molecule has 1 aliphatic heterocycles. The van der Waals surface area contributed by atoms with Crippen LogP contribution in [0.15, 0.2) is 23.1 Å². The highest BCUT2D eigenvalue weighted by Gasteiger charge is 2.17. The van der Waals surface area contributed by atoms with Gasteiger partial charge in [0.25, 0.3) is 5.56 Å². The van der Waals surface area contributed by atoms with Crippen LogP contribution >= 0.6 is 11.8 Å². The number of pyridine rings is 1. The number of hydrogen-bond acceptors (Lipinski definition) is 3. The Morgan fingerprint density at radius 2 is 2.38 bits per heavy atom. The van der Waals surface area contributed by atoms with Crippen molar-refractivity contribution >= 4 is 17.7 Å². The normalized spacial score (nSPS) is 19.9. The Labute approximate surface area is 97.3 Å². The number of hydrogen-bond donors (Lipinski definition) is 1. The molecule has 0 saturated carbocycles. The number of carboxylic acid groups (broad SMARTS) is 1. The van der Waals surface area contributed by atoms with Crippen LogP contribution in [0.1, 0.15) is 23.2 Å². The Morgan fingerprint density at radius 3 is 3.00 bits per heavy atom. The van der Waals surface area contributed by atoms with Crippen molar-refractivity contribution < 1.29 is 9.90 Å². The van der Waals surface area contributed by atoms with E-state index in [2.05, 4.69) is 0 Å². The van der Waals surface area contributed by atoms with Gasteiger partial charge in [-0.2, -0.15) is 11.8 Å². The average Bonchev–Trinajstić information content (AvgIpc) is 2.73. The molecular formula is C11H13NO3S. The van der Waals surface area contributed by atoms with Crippen molar-refractivity contribution in [1.29, 1.82) is 0 Å². The minimum atomic E-state index is -0.993. The van der Waals surface area contributed by atoms with E-state index in [-0.39, 0.29) is 11.1 Å². The van der Waals surface area contributed by atoms with Crippen LogP contribution in [0.2, 0.25) is 0 Å². The smallest absolute Gasteiger partial charge is 0.337 e. The first-order valence-corrected chi connectivity index (χ1v) is 6.27. The van der Waals surface area contributed by atoms with Crippen LogP contribution in [-0.2, 0) is 6.54 Å². The molecule has 2 rings (SSSR count). The number of rotatable bonds is 3. The summed E-state index contributed by atoms with van der Waals surface area (Å²) < 4.78 is 1.51. The minimum Gasteiger partial charge on any atom is -0.478 e. The summed E-state index contributed by atoms with van der Waals surface area (Å²) in [5, 5.41) is 9.29. The molecule has 0 aliphatic carbocycles. The fourth-order valence-corrected chi connectivity index (χ4v) is 3.07. The second-order valence-corrected chi connectivity index (χ2v) is 5.26. The van der Waals surface area contributed by atoms with Gasteiger partial charge in [0.15, 0.2) is 0 Å². The molecule has 0 radical (unpaired) electrons. The van der Waals surface area contributed by atoms with Crippen LogP contribution in [0.4, 0.5) is 0 Å². The van der Waals surface area contributed by atoms with E-state index in [9.17, 15) is 9.59 Å². The van der Waals surface area contributed by atoms with Crippen molar-refractivity contribution in [2.24, 2.45) is 0 Å². The van der Waals surface area contributed by atoms with Gasteiger partial charge in [0.2, 0.25) is 0 Å². The molecule has 4 nitrogen and oxygen atoms in total. The maximum Gasteiger partial charge on any atom is 0.337 e. The van der Waals surface area contributed by atoms with Crippen molar-refractivity contribution in [3.05, 3.63) is 34.2 Å². The van der Waals surface area contributed by atoms with Crippen molar-refractivity contribution in [2.45, 2.75) is 24.6 Å². The fourth-order valence-electron chi connectivity index (χ4n) is 1.81. The molecule has 1 unspecified atom stereocenters. The molecular weight excluding hydrogens is 226 g/mol. The molecule has 1 saturated heterocycles. The topological polar surface area (TPSA) is 59.3 Å². The van der Waals surface area contributed by atoms with Crippen LogP contribution in [0.5, 0.6) is 0 Å². The summed E-state index contributed by atoms with van der Waals surface area (Å²) >= 11 is 1.85. The highest BCUT2D eigenvalue weighted by atomic mass is 32.2. The molecule has 0 spiro atoms. The molecule has 2 heterocycles.